The highest BCUT2D eigenvalue weighted by Crippen LogP contribution is 2.57. The van der Waals surface area contributed by atoms with E-state index in [1.165, 1.54) is 40.5 Å². The Bertz CT molecular complexity index is 1200. The minimum absolute atomic E-state index is 0.0393. The molecule has 2 aliphatic carbocycles. The molecule has 0 spiro atoms. The van der Waals surface area contributed by atoms with Crippen molar-refractivity contribution in [3.8, 4) is 11.1 Å². The maximum Gasteiger partial charge on any atom is 0.0713 e. The molecule has 0 fully saturated rings. The SMILES string of the molecule is CC1(C)C=CC=C(C2(c3ccc(I)c(I)c3)c3ccccc3-c3ccccc32)C=C1. The molecule has 0 N–H and O–H groups in total. The first-order chi connectivity index (χ1) is 14.4. The van der Waals surface area contributed by atoms with Crippen LogP contribution in [0, 0.1) is 12.6 Å². The van der Waals surface area contributed by atoms with Gasteiger partial charge in [-0.25, -0.2) is 0 Å². The van der Waals surface area contributed by atoms with Gasteiger partial charge in [-0.3, -0.25) is 0 Å². The fourth-order valence-electron chi connectivity index (χ4n) is 4.82. The van der Waals surface area contributed by atoms with Crippen molar-refractivity contribution in [1.29, 1.82) is 0 Å². The fourth-order valence-corrected chi connectivity index (χ4v) is 5.67. The molecular formula is C28H22I2. The van der Waals surface area contributed by atoms with Gasteiger partial charge in [-0.15, -0.1) is 0 Å². The molecule has 0 heterocycles. The van der Waals surface area contributed by atoms with Crippen LogP contribution in [0.4, 0.5) is 0 Å². The Kier molecular flexibility index (Phi) is 5.05. The van der Waals surface area contributed by atoms with E-state index in [4.69, 9.17) is 0 Å². The summed E-state index contributed by atoms with van der Waals surface area (Å²) >= 11 is 4.89. The first kappa shape index (κ1) is 20.3. The van der Waals surface area contributed by atoms with E-state index < -0.39 is 0 Å². The molecule has 2 heteroatoms. The molecule has 30 heavy (non-hydrogen) atoms. The maximum absolute atomic E-state index is 2.47. The van der Waals surface area contributed by atoms with Gasteiger partial charge in [0, 0.05) is 12.6 Å². The lowest BCUT2D eigenvalue weighted by Gasteiger charge is -2.35. The summed E-state index contributed by atoms with van der Waals surface area (Å²) in [5.41, 5.74) is 7.77. The summed E-state index contributed by atoms with van der Waals surface area (Å²) < 4.78 is 2.58. The Labute approximate surface area is 206 Å². The second-order valence-corrected chi connectivity index (χ2v) is 10.9. The highest BCUT2D eigenvalue weighted by atomic mass is 127. The Morgan fingerprint density at radius 2 is 1.33 bits per heavy atom. The fraction of sp³-hybridized carbons (Fsp3) is 0.143. The van der Waals surface area contributed by atoms with E-state index in [1.54, 1.807) is 0 Å². The Hall–Kier alpha value is -1.66. The summed E-state index contributed by atoms with van der Waals surface area (Å²) in [6, 6.07) is 24.8. The van der Waals surface area contributed by atoms with Crippen LogP contribution in [0.2, 0.25) is 0 Å². The topological polar surface area (TPSA) is 0 Å². The van der Waals surface area contributed by atoms with Crippen LogP contribution >= 0.6 is 45.2 Å². The predicted molar refractivity (Wildman–Crippen MR) is 144 cm³/mol. The zero-order chi connectivity index (χ0) is 20.9. The first-order valence-corrected chi connectivity index (χ1v) is 12.3. The standard InChI is InChI=1S/C28H22I2/c1-27(2)16-7-8-19(15-17-27)28(20-13-14-25(29)26(30)18-20)23-11-5-3-9-21(23)22-10-4-6-12-24(22)28/h3-18H,1-2H3. The van der Waals surface area contributed by atoms with Crippen LogP contribution < -0.4 is 0 Å². The lowest BCUT2D eigenvalue weighted by molar-refractivity contribution is 0.625. The van der Waals surface area contributed by atoms with Gasteiger partial charge in [0.05, 0.1) is 5.41 Å². The van der Waals surface area contributed by atoms with E-state index in [9.17, 15) is 0 Å². The molecule has 5 rings (SSSR count). The van der Waals surface area contributed by atoms with E-state index in [0.717, 1.165) is 0 Å². The zero-order valence-electron chi connectivity index (χ0n) is 17.0. The van der Waals surface area contributed by atoms with Gasteiger partial charge >= 0.3 is 0 Å². The predicted octanol–water partition coefficient (Wildman–Crippen LogP) is 8.29. The van der Waals surface area contributed by atoms with Crippen LogP contribution in [0.1, 0.15) is 30.5 Å². The van der Waals surface area contributed by atoms with E-state index in [1.807, 2.05) is 0 Å². The molecule has 0 bridgehead atoms. The Morgan fingerprint density at radius 1 is 0.700 bits per heavy atom. The van der Waals surface area contributed by atoms with Crippen LogP contribution in [-0.2, 0) is 5.41 Å². The van der Waals surface area contributed by atoms with E-state index in [-0.39, 0.29) is 10.8 Å². The molecule has 3 aromatic carbocycles. The molecule has 0 radical (unpaired) electrons. The van der Waals surface area contributed by atoms with Crippen LogP contribution in [0.5, 0.6) is 0 Å². The van der Waals surface area contributed by atoms with Crippen molar-refractivity contribution in [2.24, 2.45) is 5.41 Å². The van der Waals surface area contributed by atoms with Crippen molar-refractivity contribution in [1.82, 2.24) is 0 Å². The number of halogens is 2. The maximum atomic E-state index is 2.47. The minimum atomic E-state index is -0.321. The molecule has 0 aliphatic heterocycles. The van der Waals surface area contributed by atoms with Crippen LogP contribution in [0.25, 0.3) is 11.1 Å². The summed E-state index contributed by atoms with van der Waals surface area (Å²) in [7, 11) is 0. The van der Waals surface area contributed by atoms with E-state index in [0.29, 0.717) is 0 Å². The van der Waals surface area contributed by atoms with Gasteiger partial charge in [0.2, 0.25) is 0 Å². The molecule has 0 saturated carbocycles. The average Bonchev–Trinajstić information content (AvgIpc) is 2.91. The minimum Gasteiger partial charge on any atom is -0.0751 e. The van der Waals surface area contributed by atoms with Crippen molar-refractivity contribution < 1.29 is 0 Å². The van der Waals surface area contributed by atoms with Crippen molar-refractivity contribution in [3.05, 3.63) is 127 Å². The normalized spacial score (nSPS) is 17.8. The summed E-state index contributed by atoms with van der Waals surface area (Å²) in [6.07, 6.45) is 11.5. The molecule has 148 valence electrons. The second kappa shape index (κ2) is 7.49. The molecule has 0 unspecified atom stereocenters. The molecule has 0 saturated heterocycles. The monoisotopic (exact) mass is 612 g/mol. The van der Waals surface area contributed by atoms with Gasteiger partial charge in [-0.2, -0.15) is 0 Å². The highest BCUT2D eigenvalue weighted by Gasteiger charge is 2.46. The third-order valence-electron chi connectivity index (χ3n) is 6.23. The van der Waals surface area contributed by atoms with Crippen molar-refractivity contribution >= 4 is 45.2 Å². The number of allylic oxidation sites excluding steroid dienone is 6. The molecular weight excluding hydrogens is 590 g/mol. The largest absolute Gasteiger partial charge is 0.0751 e. The summed E-state index contributed by atoms with van der Waals surface area (Å²) in [5.74, 6) is 0. The summed E-state index contributed by atoms with van der Waals surface area (Å²) in [6.45, 7) is 4.52. The summed E-state index contributed by atoms with van der Waals surface area (Å²) in [5, 5.41) is 0. The zero-order valence-corrected chi connectivity index (χ0v) is 21.3. The average molecular weight is 612 g/mol. The van der Waals surface area contributed by atoms with Crippen LogP contribution in [-0.4, -0.2) is 0 Å². The smallest absolute Gasteiger partial charge is 0.0713 e. The first-order valence-electron chi connectivity index (χ1n) is 10.2. The molecule has 0 aromatic heterocycles. The third-order valence-corrected chi connectivity index (χ3v) is 9.10. The lowest BCUT2D eigenvalue weighted by atomic mass is 9.67. The van der Waals surface area contributed by atoms with Crippen LogP contribution in [0.15, 0.2) is 103 Å². The highest BCUT2D eigenvalue weighted by molar-refractivity contribution is 14.1. The number of rotatable bonds is 2. The lowest BCUT2D eigenvalue weighted by Crippen LogP contribution is -2.29. The molecule has 0 amide bonds. The van der Waals surface area contributed by atoms with Gasteiger partial charge in [0.15, 0.2) is 0 Å². The second-order valence-electron chi connectivity index (χ2n) is 8.61. The van der Waals surface area contributed by atoms with Crippen molar-refractivity contribution in [2.75, 3.05) is 0 Å². The van der Waals surface area contributed by atoms with E-state index >= 15 is 0 Å². The van der Waals surface area contributed by atoms with Gasteiger partial charge in [0.25, 0.3) is 0 Å². The van der Waals surface area contributed by atoms with Gasteiger partial charge in [-0.1, -0.05) is 98.8 Å². The van der Waals surface area contributed by atoms with Gasteiger partial charge in [-0.05, 0) is 90.7 Å². The molecule has 0 atom stereocenters. The third kappa shape index (κ3) is 3.06. The van der Waals surface area contributed by atoms with Crippen molar-refractivity contribution in [2.45, 2.75) is 19.3 Å². The quantitative estimate of drug-likeness (QED) is 0.256. The molecule has 0 nitrogen and oxygen atoms in total. The van der Waals surface area contributed by atoms with E-state index in [2.05, 4.69) is 156 Å². The Balaban J connectivity index is 1.91. The number of benzene rings is 3. The molecule has 3 aromatic rings. The number of hydrogen-bond acceptors (Lipinski definition) is 0. The molecule has 2 aliphatic rings. The number of hydrogen-bond donors (Lipinski definition) is 0. The van der Waals surface area contributed by atoms with Gasteiger partial charge in [0.1, 0.15) is 0 Å². The van der Waals surface area contributed by atoms with Crippen molar-refractivity contribution in [3.63, 3.8) is 0 Å². The number of fused-ring (bicyclic) bond motifs is 3. The summed E-state index contributed by atoms with van der Waals surface area (Å²) in [4.78, 5) is 0. The van der Waals surface area contributed by atoms with Crippen LogP contribution in [0.3, 0.4) is 0 Å². The van der Waals surface area contributed by atoms with Gasteiger partial charge < -0.3 is 0 Å². The Morgan fingerprint density at radius 3 is 1.97 bits per heavy atom.